The number of piperidine rings is 1. The Labute approximate surface area is 125 Å². The standard InChI is InChI=1S/C17H21N3O/c1-12-4-2-6-15(11-18)20(12)17(21)14-7-8-16-13(10-14)5-3-9-19-16/h3,5,7-10,12,15H,2,4,6,11,18H2,1H3. The van der Waals surface area contributed by atoms with Gasteiger partial charge in [0.1, 0.15) is 0 Å². The summed E-state index contributed by atoms with van der Waals surface area (Å²) in [5.74, 6) is 0.0865. The number of nitrogens with two attached hydrogens (primary N) is 1. The quantitative estimate of drug-likeness (QED) is 0.921. The molecule has 1 saturated heterocycles. The molecule has 2 N–H and O–H groups in total. The largest absolute Gasteiger partial charge is 0.332 e. The van der Waals surface area contributed by atoms with E-state index in [-0.39, 0.29) is 18.0 Å². The molecule has 1 amide bonds. The minimum absolute atomic E-state index is 0.0865. The Morgan fingerprint density at radius 1 is 1.38 bits per heavy atom. The van der Waals surface area contributed by atoms with Crippen LogP contribution in [0, 0.1) is 0 Å². The summed E-state index contributed by atoms with van der Waals surface area (Å²) in [5, 5.41) is 0.998. The first-order valence-corrected chi connectivity index (χ1v) is 7.58. The molecule has 4 nitrogen and oxygen atoms in total. The van der Waals surface area contributed by atoms with Crippen LogP contribution in [0.2, 0.25) is 0 Å². The summed E-state index contributed by atoms with van der Waals surface area (Å²) in [4.78, 5) is 19.1. The Kier molecular flexibility index (Phi) is 3.88. The van der Waals surface area contributed by atoms with Crippen molar-refractivity contribution in [3.63, 3.8) is 0 Å². The van der Waals surface area contributed by atoms with E-state index < -0.39 is 0 Å². The van der Waals surface area contributed by atoms with Gasteiger partial charge in [0.2, 0.25) is 0 Å². The summed E-state index contributed by atoms with van der Waals surface area (Å²) in [6.07, 6.45) is 4.97. The van der Waals surface area contributed by atoms with Crippen LogP contribution in [0.5, 0.6) is 0 Å². The third-order valence-corrected chi connectivity index (χ3v) is 4.38. The average molecular weight is 283 g/mol. The molecule has 4 heteroatoms. The highest BCUT2D eigenvalue weighted by atomic mass is 16.2. The molecule has 1 aromatic carbocycles. The number of rotatable bonds is 2. The number of aromatic nitrogens is 1. The molecular formula is C17H21N3O. The van der Waals surface area contributed by atoms with Gasteiger partial charge in [-0.25, -0.2) is 0 Å². The van der Waals surface area contributed by atoms with E-state index in [4.69, 9.17) is 5.73 Å². The van der Waals surface area contributed by atoms with Crippen molar-refractivity contribution in [2.45, 2.75) is 38.3 Å². The lowest BCUT2D eigenvalue weighted by Crippen LogP contribution is -2.51. The molecule has 2 aromatic rings. The molecule has 2 atom stereocenters. The first-order valence-electron chi connectivity index (χ1n) is 7.58. The van der Waals surface area contributed by atoms with E-state index in [1.165, 1.54) is 0 Å². The van der Waals surface area contributed by atoms with Gasteiger partial charge < -0.3 is 10.6 Å². The van der Waals surface area contributed by atoms with Crippen LogP contribution in [-0.4, -0.2) is 34.4 Å². The SMILES string of the molecule is CC1CCCC(CN)N1C(=O)c1ccc2ncccc2c1. The number of hydrogen-bond acceptors (Lipinski definition) is 3. The number of fused-ring (bicyclic) bond motifs is 1. The number of carbonyl (C=O) groups is 1. The van der Waals surface area contributed by atoms with Crippen molar-refractivity contribution in [3.05, 3.63) is 42.1 Å². The third kappa shape index (κ3) is 2.63. The minimum atomic E-state index is 0.0865. The van der Waals surface area contributed by atoms with E-state index in [1.807, 2.05) is 35.2 Å². The van der Waals surface area contributed by atoms with Gasteiger partial charge in [-0.3, -0.25) is 9.78 Å². The predicted octanol–water partition coefficient (Wildman–Crippen LogP) is 2.58. The summed E-state index contributed by atoms with van der Waals surface area (Å²) < 4.78 is 0. The van der Waals surface area contributed by atoms with Gasteiger partial charge in [0.25, 0.3) is 5.91 Å². The fourth-order valence-corrected chi connectivity index (χ4v) is 3.24. The number of likely N-dealkylation sites (tertiary alicyclic amines) is 1. The first-order chi connectivity index (χ1) is 10.2. The highest BCUT2D eigenvalue weighted by molar-refractivity contribution is 5.98. The van der Waals surface area contributed by atoms with Crippen LogP contribution in [0.25, 0.3) is 10.9 Å². The number of benzene rings is 1. The van der Waals surface area contributed by atoms with Crippen molar-refractivity contribution in [1.29, 1.82) is 0 Å². The molecule has 0 spiro atoms. The highest BCUT2D eigenvalue weighted by Crippen LogP contribution is 2.25. The molecular weight excluding hydrogens is 262 g/mol. The Morgan fingerprint density at radius 3 is 3.05 bits per heavy atom. The molecule has 0 bridgehead atoms. The molecule has 1 aromatic heterocycles. The van der Waals surface area contributed by atoms with Crippen LogP contribution in [0.4, 0.5) is 0 Å². The summed E-state index contributed by atoms with van der Waals surface area (Å²) >= 11 is 0. The van der Waals surface area contributed by atoms with Gasteiger partial charge in [-0.15, -0.1) is 0 Å². The van der Waals surface area contributed by atoms with Crippen molar-refractivity contribution in [3.8, 4) is 0 Å². The predicted molar refractivity (Wildman–Crippen MR) is 84.1 cm³/mol. The summed E-state index contributed by atoms with van der Waals surface area (Å²) in [6.45, 7) is 2.65. The Hall–Kier alpha value is -1.94. The van der Waals surface area contributed by atoms with E-state index >= 15 is 0 Å². The van der Waals surface area contributed by atoms with Gasteiger partial charge in [-0.2, -0.15) is 0 Å². The Balaban J connectivity index is 1.94. The first kappa shape index (κ1) is 14.0. The maximum atomic E-state index is 12.9. The lowest BCUT2D eigenvalue weighted by atomic mass is 9.95. The molecule has 3 rings (SSSR count). The number of nitrogens with zero attached hydrogens (tertiary/aromatic N) is 2. The number of pyridine rings is 1. The molecule has 1 aliphatic rings. The van der Waals surface area contributed by atoms with Crippen LogP contribution in [0.1, 0.15) is 36.5 Å². The van der Waals surface area contributed by atoms with E-state index in [0.717, 1.165) is 35.7 Å². The fraction of sp³-hybridized carbons (Fsp3) is 0.412. The zero-order valence-corrected chi connectivity index (χ0v) is 12.3. The Bertz CT molecular complexity index is 655. The van der Waals surface area contributed by atoms with E-state index in [1.54, 1.807) is 6.20 Å². The second-order valence-corrected chi connectivity index (χ2v) is 5.79. The Morgan fingerprint density at radius 2 is 2.24 bits per heavy atom. The van der Waals surface area contributed by atoms with Crippen molar-refractivity contribution in [2.75, 3.05) is 6.54 Å². The molecule has 1 aliphatic heterocycles. The van der Waals surface area contributed by atoms with Crippen LogP contribution in [0.3, 0.4) is 0 Å². The van der Waals surface area contributed by atoms with Gasteiger partial charge >= 0.3 is 0 Å². The smallest absolute Gasteiger partial charge is 0.254 e. The summed E-state index contributed by atoms with van der Waals surface area (Å²) in [7, 11) is 0. The maximum Gasteiger partial charge on any atom is 0.254 e. The lowest BCUT2D eigenvalue weighted by Gasteiger charge is -2.40. The molecule has 21 heavy (non-hydrogen) atoms. The fourth-order valence-electron chi connectivity index (χ4n) is 3.24. The number of hydrogen-bond donors (Lipinski definition) is 1. The van der Waals surface area contributed by atoms with Crippen LogP contribution in [0.15, 0.2) is 36.5 Å². The second-order valence-electron chi connectivity index (χ2n) is 5.79. The van der Waals surface area contributed by atoms with Crippen LogP contribution >= 0.6 is 0 Å². The van der Waals surface area contributed by atoms with Crippen molar-refractivity contribution < 1.29 is 4.79 Å². The molecule has 110 valence electrons. The molecule has 0 aliphatic carbocycles. The second kappa shape index (κ2) is 5.82. The third-order valence-electron chi connectivity index (χ3n) is 4.38. The zero-order valence-electron chi connectivity index (χ0n) is 12.3. The summed E-state index contributed by atoms with van der Waals surface area (Å²) in [6, 6.07) is 10.00. The van der Waals surface area contributed by atoms with Crippen molar-refractivity contribution in [1.82, 2.24) is 9.88 Å². The molecule has 2 heterocycles. The van der Waals surface area contributed by atoms with Gasteiger partial charge in [-0.05, 0) is 50.5 Å². The molecule has 0 radical (unpaired) electrons. The van der Waals surface area contributed by atoms with Gasteiger partial charge in [0.15, 0.2) is 0 Å². The van der Waals surface area contributed by atoms with Crippen LogP contribution < -0.4 is 5.73 Å². The van der Waals surface area contributed by atoms with Gasteiger partial charge in [0, 0.05) is 35.8 Å². The van der Waals surface area contributed by atoms with E-state index in [0.29, 0.717) is 6.54 Å². The number of amides is 1. The monoisotopic (exact) mass is 283 g/mol. The maximum absolute atomic E-state index is 12.9. The van der Waals surface area contributed by atoms with Crippen molar-refractivity contribution >= 4 is 16.8 Å². The van der Waals surface area contributed by atoms with E-state index in [9.17, 15) is 4.79 Å². The summed E-state index contributed by atoms with van der Waals surface area (Å²) in [5.41, 5.74) is 7.50. The lowest BCUT2D eigenvalue weighted by molar-refractivity contribution is 0.0494. The molecule has 0 saturated carbocycles. The average Bonchev–Trinajstić information content (AvgIpc) is 2.53. The highest BCUT2D eigenvalue weighted by Gasteiger charge is 2.31. The minimum Gasteiger partial charge on any atom is -0.332 e. The topological polar surface area (TPSA) is 59.2 Å². The molecule has 2 unspecified atom stereocenters. The normalized spacial score (nSPS) is 22.5. The van der Waals surface area contributed by atoms with Gasteiger partial charge in [0.05, 0.1) is 5.52 Å². The number of carbonyl (C=O) groups excluding carboxylic acids is 1. The van der Waals surface area contributed by atoms with Crippen LogP contribution in [-0.2, 0) is 0 Å². The van der Waals surface area contributed by atoms with Gasteiger partial charge in [-0.1, -0.05) is 6.07 Å². The van der Waals surface area contributed by atoms with E-state index in [2.05, 4.69) is 11.9 Å². The van der Waals surface area contributed by atoms with Crippen molar-refractivity contribution in [2.24, 2.45) is 5.73 Å². The molecule has 1 fully saturated rings. The zero-order chi connectivity index (χ0) is 14.8.